The minimum atomic E-state index is -0.179. The molecule has 2 aromatic rings. The van der Waals surface area contributed by atoms with Gasteiger partial charge in [-0.15, -0.1) is 0 Å². The number of hydrogen-bond donors (Lipinski definition) is 2. The van der Waals surface area contributed by atoms with Gasteiger partial charge in [-0.05, 0) is 43.0 Å². The standard InChI is InChI=1S/C19H23ClN2O2/c1-15-9-10-17(20)18(14-15)24-13-12-22-19(23)21-11-5-8-16-6-3-2-4-7-16/h2-4,6-7,9-10,14H,5,8,11-13H2,1H3,(H2,21,22,23). The zero-order valence-electron chi connectivity index (χ0n) is 13.8. The van der Waals surface area contributed by atoms with Crippen molar-refractivity contribution in [1.29, 1.82) is 0 Å². The first kappa shape index (κ1) is 18.1. The molecule has 0 heterocycles. The highest BCUT2D eigenvalue weighted by Crippen LogP contribution is 2.24. The Morgan fingerprint density at radius 2 is 1.83 bits per heavy atom. The predicted molar refractivity (Wildman–Crippen MR) is 97.8 cm³/mol. The average molecular weight is 347 g/mol. The van der Waals surface area contributed by atoms with Gasteiger partial charge in [-0.1, -0.05) is 48.0 Å². The molecule has 2 rings (SSSR count). The highest BCUT2D eigenvalue weighted by Gasteiger charge is 2.03. The number of aryl methyl sites for hydroxylation is 2. The number of carbonyl (C=O) groups excluding carboxylic acids is 1. The second-order valence-electron chi connectivity index (χ2n) is 5.55. The first-order chi connectivity index (χ1) is 11.6. The van der Waals surface area contributed by atoms with Gasteiger partial charge >= 0.3 is 6.03 Å². The van der Waals surface area contributed by atoms with Crippen molar-refractivity contribution in [2.45, 2.75) is 19.8 Å². The topological polar surface area (TPSA) is 50.4 Å². The number of amides is 2. The van der Waals surface area contributed by atoms with Gasteiger partial charge in [-0.25, -0.2) is 4.79 Å². The molecular formula is C19H23ClN2O2. The Balaban J connectivity index is 1.56. The van der Waals surface area contributed by atoms with Gasteiger partial charge in [0, 0.05) is 6.54 Å². The molecule has 0 aliphatic rings. The lowest BCUT2D eigenvalue weighted by Gasteiger charge is -2.10. The van der Waals surface area contributed by atoms with E-state index < -0.39 is 0 Å². The molecule has 0 saturated carbocycles. The molecule has 0 aliphatic carbocycles. The van der Waals surface area contributed by atoms with Crippen molar-refractivity contribution in [3.05, 3.63) is 64.7 Å². The van der Waals surface area contributed by atoms with Crippen LogP contribution in [0.3, 0.4) is 0 Å². The Morgan fingerprint density at radius 1 is 1.08 bits per heavy atom. The van der Waals surface area contributed by atoms with Gasteiger partial charge in [-0.3, -0.25) is 0 Å². The maximum absolute atomic E-state index is 11.7. The van der Waals surface area contributed by atoms with Gasteiger partial charge < -0.3 is 15.4 Å². The fourth-order valence-electron chi connectivity index (χ4n) is 2.25. The van der Waals surface area contributed by atoms with Crippen LogP contribution in [-0.4, -0.2) is 25.7 Å². The molecule has 4 nitrogen and oxygen atoms in total. The second-order valence-corrected chi connectivity index (χ2v) is 5.96. The van der Waals surface area contributed by atoms with E-state index in [0.29, 0.717) is 30.5 Å². The van der Waals surface area contributed by atoms with E-state index in [-0.39, 0.29) is 6.03 Å². The number of halogens is 1. The Bertz CT molecular complexity index is 647. The van der Waals surface area contributed by atoms with E-state index in [1.165, 1.54) is 5.56 Å². The largest absolute Gasteiger partial charge is 0.490 e. The van der Waals surface area contributed by atoms with Crippen LogP contribution in [0.2, 0.25) is 5.02 Å². The number of carbonyl (C=O) groups is 1. The first-order valence-corrected chi connectivity index (χ1v) is 8.47. The smallest absolute Gasteiger partial charge is 0.314 e. The molecule has 2 aromatic carbocycles. The van der Waals surface area contributed by atoms with Crippen LogP contribution in [-0.2, 0) is 6.42 Å². The monoisotopic (exact) mass is 346 g/mol. The lowest BCUT2D eigenvalue weighted by atomic mass is 10.1. The van der Waals surface area contributed by atoms with Gasteiger partial charge in [0.15, 0.2) is 0 Å². The Kier molecular flexibility index (Phi) is 7.43. The van der Waals surface area contributed by atoms with Crippen LogP contribution in [0.25, 0.3) is 0 Å². The summed E-state index contributed by atoms with van der Waals surface area (Å²) in [4.78, 5) is 11.7. The molecule has 0 spiro atoms. The van der Waals surface area contributed by atoms with Crippen LogP contribution < -0.4 is 15.4 Å². The normalized spacial score (nSPS) is 10.2. The van der Waals surface area contributed by atoms with Crippen LogP contribution in [0, 0.1) is 6.92 Å². The van der Waals surface area contributed by atoms with Crippen LogP contribution in [0.4, 0.5) is 4.79 Å². The third-order valence-corrected chi connectivity index (χ3v) is 3.81. The minimum absolute atomic E-state index is 0.179. The van der Waals surface area contributed by atoms with Gasteiger partial charge in [0.2, 0.25) is 0 Å². The quantitative estimate of drug-likeness (QED) is 0.711. The Morgan fingerprint density at radius 3 is 2.62 bits per heavy atom. The molecule has 0 aromatic heterocycles. The van der Waals surface area contributed by atoms with Crippen molar-refractivity contribution in [2.24, 2.45) is 0 Å². The van der Waals surface area contributed by atoms with Crippen LogP contribution in [0.5, 0.6) is 5.75 Å². The van der Waals surface area contributed by atoms with E-state index in [0.717, 1.165) is 18.4 Å². The number of ether oxygens (including phenoxy) is 1. The first-order valence-electron chi connectivity index (χ1n) is 8.10. The Labute approximate surface area is 148 Å². The molecule has 0 fully saturated rings. The summed E-state index contributed by atoms with van der Waals surface area (Å²) in [6, 6.07) is 15.7. The highest BCUT2D eigenvalue weighted by molar-refractivity contribution is 6.32. The maximum atomic E-state index is 11.7. The van der Waals surface area contributed by atoms with Crippen molar-refractivity contribution >= 4 is 17.6 Å². The summed E-state index contributed by atoms with van der Waals surface area (Å²) in [5.74, 6) is 0.640. The summed E-state index contributed by atoms with van der Waals surface area (Å²) in [5, 5.41) is 6.18. The zero-order valence-corrected chi connectivity index (χ0v) is 14.6. The van der Waals surface area contributed by atoms with Crippen LogP contribution in [0.1, 0.15) is 17.5 Å². The lowest BCUT2D eigenvalue weighted by Crippen LogP contribution is -2.38. The van der Waals surface area contributed by atoms with E-state index in [4.69, 9.17) is 16.3 Å². The molecular weight excluding hydrogens is 324 g/mol. The number of hydrogen-bond acceptors (Lipinski definition) is 2. The van der Waals surface area contributed by atoms with E-state index in [1.807, 2.05) is 37.3 Å². The molecule has 2 amide bonds. The second kappa shape index (κ2) is 9.83. The fraction of sp³-hybridized carbons (Fsp3) is 0.316. The summed E-state index contributed by atoms with van der Waals surface area (Å²) < 4.78 is 5.58. The third-order valence-electron chi connectivity index (χ3n) is 3.50. The van der Waals surface area contributed by atoms with E-state index >= 15 is 0 Å². The molecule has 0 aliphatic heterocycles. The van der Waals surface area contributed by atoms with E-state index in [9.17, 15) is 4.79 Å². The SMILES string of the molecule is Cc1ccc(Cl)c(OCCNC(=O)NCCCc2ccccc2)c1. The average Bonchev–Trinajstić information content (AvgIpc) is 2.59. The molecule has 24 heavy (non-hydrogen) atoms. The summed E-state index contributed by atoms with van der Waals surface area (Å²) >= 11 is 6.05. The van der Waals surface area contributed by atoms with Gasteiger partial charge in [-0.2, -0.15) is 0 Å². The van der Waals surface area contributed by atoms with Gasteiger partial charge in [0.25, 0.3) is 0 Å². The van der Waals surface area contributed by atoms with Gasteiger partial charge in [0.1, 0.15) is 12.4 Å². The summed E-state index contributed by atoms with van der Waals surface area (Å²) in [6.45, 7) is 3.42. The lowest BCUT2D eigenvalue weighted by molar-refractivity contribution is 0.236. The predicted octanol–water partition coefficient (Wildman–Crippen LogP) is 3.96. The third kappa shape index (κ3) is 6.50. The Hall–Kier alpha value is -2.20. The van der Waals surface area contributed by atoms with Crippen molar-refractivity contribution in [3.8, 4) is 5.75 Å². The van der Waals surface area contributed by atoms with Gasteiger partial charge in [0.05, 0.1) is 11.6 Å². The van der Waals surface area contributed by atoms with Crippen molar-refractivity contribution < 1.29 is 9.53 Å². The highest BCUT2D eigenvalue weighted by atomic mass is 35.5. The number of nitrogens with one attached hydrogen (secondary N) is 2. The van der Waals surface area contributed by atoms with E-state index in [2.05, 4.69) is 22.8 Å². The minimum Gasteiger partial charge on any atom is -0.490 e. The maximum Gasteiger partial charge on any atom is 0.314 e. The molecule has 0 atom stereocenters. The van der Waals surface area contributed by atoms with Crippen molar-refractivity contribution in [1.82, 2.24) is 10.6 Å². The summed E-state index contributed by atoms with van der Waals surface area (Å²) in [5.41, 5.74) is 2.36. The van der Waals surface area contributed by atoms with Crippen molar-refractivity contribution in [3.63, 3.8) is 0 Å². The summed E-state index contributed by atoms with van der Waals surface area (Å²) in [7, 11) is 0. The number of benzene rings is 2. The van der Waals surface area contributed by atoms with Crippen LogP contribution in [0.15, 0.2) is 48.5 Å². The molecule has 0 bridgehead atoms. The van der Waals surface area contributed by atoms with Crippen molar-refractivity contribution in [2.75, 3.05) is 19.7 Å². The zero-order chi connectivity index (χ0) is 17.2. The molecule has 0 unspecified atom stereocenters. The molecule has 0 radical (unpaired) electrons. The van der Waals surface area contributed by atoms with Crippen LogP contribution >= 0.6 is 11.6 Å². The molecule has 2 N–H and O–H groups in total. The molecule has 5 heteroatoms. The molecule has 128 valence electrons. The number of rotatable bonds is 8. The fourth-order valence-corrected chi connectivity index (χ4v) is 2.42. The molecule has 0 saturated heterocycles. The van der Waals surface area contributed by atoms with E-state index in [1.54, 1.807) is 6.07 Å². The summed E-state index contributed by atoms with van der Waals surface area (Å²) in [6.07, 6.45) is 1.86. The number of urea groups is 1.